The number of benzene rings is 1. The van der Waals surface area contributed by atoms with Crippen LogP contribution in [0.15, 0.2) is 40.7 Å². The highest BCUT2D eigenvalue weighted by Crippen LogP contribution is 2.41. The molecule has 3 aliphatic heterocycles. The van der Waals surface area contributed by atoms with Gasteiger partial charge in [0.15, 0.2) is 12.2 Å². The highest BCUT2D eigenvalue weighted by atomic mass is 35.5. The zero-order valence-corrected chi connectivity index (χ0v) is 17.7. The van der Waals surface area contributed by atoms with Crippen LogP contribution in [0.3, 0.4) is 0 Å². The van der Waals surface area contributed by atoms with E-state index in [4.69, 9.17) is 21.3 Å². The number of carbonyl (C=O) groups excluding carboxylic acids is 2. The predicted octanol–water partition coefficient (Wildman–Crippen LogP) is 2.71. The molecule has 0 aromatic heterocycles. The van der Waals surface area contributed by atoms with Gasteiger partial charge in [-0.05, 0) is 32.9 Å². The molecule has 1 aromatic carbocycles. The Bertz CT molecular complexity index is 930. The summed E-state index contributed by atoms with van der Waals surface area (Å²) in [6.07, 6.45) is -0.582. The number of nitrogens with zero attached hydrogens (tertiary/aromatic N) is 5. The van der Waals surface area contributed by atoms with E-state index in [1.165, 1.54) is 9.80 Å². The second-order valence-electron chi connectivity index (χ2n) is 7.20. The van der Waals surface area contributed by atoms with Gasteiger partial charge in [0.05, 0.1) is 23.9 Å². The zero-order valence-electron chi connectivity index (χ0n) is 16.9. The monoisotopic (exact) mass is 417 g/mol. The van der Waals surface area contributed by atoms with Crippen molar-refractivity contribution in [3.63, 3.8) is 0 Å². The van der Waals surface area contributed by atoms with Gasteiger partial charge < -0.3 is 9.64 Å². The van der Waals surface area contributed by atoms with Gasteiger partial charge in [0.1, 0.15) is 0 Å². The van der Waals surface area contributed by atoms with Gasteiger partial charge in [-0.25, -0.2) is 9.79 Å². The molecule has 154 valence electrons. The molecule has 0 saturated carbocycles. The fourth-order valence-electron chi connectivity index (χ4n) is 4.04. The predicted molar refractivity (Wildman–Crippen MR) is 111 cm³/mol. The lowest BCUT2D eigenvalue weighted by Gasteiger charge is -2.40. The maximum atomic E-state index is 13.3. The van der Waals surface area contributed by atoms with Crippen molar-refractivity contribution in [3.8, 4) is 0 Å². The summed E-state index contributed by atoms with van der Waals surface area (Å²) in [5, 5.41) is 0.591. The number of likely N-dealkylation sites (N-methyl/N-ethyl adjacent to an activating group) is 1. The van der Waals surface area contributed by atoms with Gasteiger partial charge in [0.2, 0.25) is 5.96 Å². The van der Waals surface area contributed by atoms with E-state index in [0.29, 0.717) is 24.2 Å². The molecule has 1 aromatic rings. The first-order valence-electron chi connectivity index (χ1n) is 9.63. The summed E-state index contributed by atoms with van der Waals surface area (Å²) >= 11 is 6.44. The number of imide groups is 1. The lowest BCUT2D eigenvalue weighted by molar-refractivity contribution is -0.137. The summed E-state index contributed by atoms with van der Waals surface area (Å²) in [6, 6.07) is 6.55. The molecule has 8 nitrogen and oxygen atoms in total. The van der Waals surface area contributed by atoms with Crippen molar-refractivity contribution in [1.29, 1.82) is 0 Å². The smallest absolute Gasteiger partial charge is 0.328 e. The molecule has 3 heterocycles. The summed E-state index contributed by atoms with van der Waals surface area (Å²) in [5.74, 6) is 0.354. The van der Waals surface area contributed by atoms with Gasteiger partial charge in [0, 0.05) is 25.0 Å². The first-order chi connectivity index (χ1) is 13.9. The Hall–Kier alpha value is -2.58. The SMILES string of the molecule is CCOCCN1C(=O)C2C(N=C3N(c4ccccc4Cl)C(C)=C(C)N32)N(C)C1=O. The summed E-state index contributed by atoms with van der Waals surface area (Å²) < 4.78 is 5.35. The molecule has 0 N–H and O–H groups in total. The number of carbonyl (C=O) groups is 2. The Morgan fingerprint density at radius 3 is 2.59 bits per heavy atom. The lowest BCUT2D eigenvalue weighted by atomic mass is 10.1. The zero-order chi connectivity index (χ0) is 20.9. The van der Waals surface area contributed by atoms with Gasteiger partial charge in [-0.3, -0.25) is 19.5 Å². The molecular formula is C20H24ClN5O3. The Labute approximate surface area is 175 Å². The summed E-state index contributed by atoms with van der Waals surface area (Å²) in [5.41, 5.74) is 2.65. The minimum absolute atomic E-state index is 0.220. The van der Waals surface area contributed by atoms with Crippen molar-refractivity contribution in [3.05, 3.63) is 40.7 Å². The standard InChI is InChI=1S/C20H24ClN5O3/c1-5-29-11-10-24-18(27)16-17(23(4)20(24)28)22-19-25(12(2)13(3)26(16)19)15-9-7-6-8-14(15)21/h6-9,16-17H,5,10-11H2,1-4H3. The second kappa shape index (κ2) is 7.35. The first kappa shape index (κ1) is 19.7. The number of amides is 3. The summed E-state index contributed by atoms with van der Waals surface area (Å²) in [7, 11) is 1.68. The number of anilines is 1. The van der Waals surface area contributed by atoms with Crippen molar-refractivity contribution in [1.82, 2.24) is 14.7 Å². The fraction of sp³-hybridized carbons (Fsp3) is 0.450. The van der Waals surface area contributed by atoms with E-state index < -0.39 is 12.2 Å². The number of ether oxygens (including phenoxy) is 1. The Morgan fingerprint density at radius 2 is 1.90 bits per heavy atom. The molecule has 1 saturated heterocycles. The molecule has 4 rings (SSSR count). The van der Waals surface area contributed by atoms with E-state index in [0.717, 1.165) is 17.1 Å². The van der Waals surface area contributed by atoms with Crippen LogP contribution in [-0.2, 0) is 9.53 Å². The normalized spacial score (nSPS) is 23.8. The van der Waals surface area contributed by atoms with Gasteiger partial charge in [-0.15, -0.1) is 0 Å². The summed E-state index contributed by atoms with van der Waals surface area (Å²) in [4.78, 5) is 37.5. The molecule has 29 heavy (non-hydrogen) atoms. The topological polar surface area (TPSA) is 68.7 Å². The highest BCUT2D eigenvalue weighted by Gasteiger charge is 2.55. The van der Waals surface area contributed by atoms with E-state index >= 15 is 0 Å². The molecule has 3 aliphatic rings. The number of hydrogen-bond acceptors (Lipinski definition) is 6. The Morgan fingerprint density at radius 1 is 1.17 bits per heavy atom. The minimum Gasteiger partial charge on any atom is -0.380 e. The molecule has 3 amide bonds. The maximum absolute atomic E-state index is 13.3. The van der Waals surface area contributed by atoms with Crippen LogP contribution in [0.5, 0.6) is 0 Å². The number of para-hydroxylation sites is 1. The molecule has 0 radical (unpaired) electrons. The molecule has 2 unspecified atom stereocenters. The number of urea groups is 1. The second-order valence-corrected chi connectivity index (χ2v) is 7.60. The average molecular weight is 418 g/mol. The van der Waals surface area contributed by atoms with Crippen molar-refractivity contribution in [2.45, 2.75) is 33.0 Å². The third kappa shape index (κ3) is 2.89. The van der Waals surface area contributed by atoms with E-state index in [1.54, 1.807) is 7.05 Å². The van der Waals surface area contributed by atoms with Gasteiger partial charge in [-0.2, -0.15) is 0 Å². The molecule has 9 heteroatoms. The fourth-order valence-corrected chi connectivity index (χ4v) is 4.26. The Balaban J connectivity index is 1.71. The van der Waals surface area contributed by atoms with Crippen LogP contribution >= 0.6 is 11.6 Å². The van der Waals surface area contributed by atoms with E-state index in [1.807, 2.05) is 54.8 Å². The largest absolute Gasteiger partial charge is 0.380 e. The number of hydrogen-bond donors (Lipinski definition) is 0. The van der Waals surface area contributed by atoms with E-state index in [9.17, 15) is 9.59 Å². The molecule has 2 atom stereocenters. The van der Waals surface area contributed by atoms with E-state index in [2.05, 4.69) is 0 Å². The molecule has 1 fully saturated rings. The van der Waals surface area contributed by atoms with Crippen molar-refractivity contribution >= 4 is 35.2 Å². The van der Waals surface area contributed by atoms with Crippen molar-refractivity contribution in [2.24, 2.45) is 4.99 Å². The van der Waals surface area contributed by atoms with Crippen molar-refractivity contribution < 1.29 is 14.3 Å². The van der Waals surface area contributed by atoms with Crippen LogP contribution in [0.2, 0.25) is 5.02 Å². The number of allylic oxidation sites excluding steroid dienone is 2. The number of halogens is 1. The van der Waals surface area contributed by atoms with Crippen molar-refractivity contribution in [2.75, 3.05) is 31.7 Å². The minimum atomic E-state index is -0.600. The number of aliphatic imine (C=N–C) groups is 1. The van der Waals surface area contributed by atoms with Crippen LogP contribution in [-0.4, -0.2) is 71.6 Å². The van der Waals surface area contributed by atoms with Crippen LogP contribution in [0.4, 0.5) is 10.5 Å². The van der Waals surface area contributed by atoms with Gasteiger partial charge >= 0.3 is 6.03 Å². The quantitative estimate of drug-likeness (QED) is 0.689. The highest BCUT2D eigenvalue weighted by molar-refractivity contribution is 6.34. The van der Waals surface area contributed by atoms with Crippen LogP contribution in [0, 0.1) is 0 Å². The molecule has 0 bridgehead atoms. The first-order valence-corrected chi connectivity index (χ1v) is 10.0. The molecule has 0 spiro atoms. The Kier molecular flexibility index (Phi) is 5.00. The van der Waals surface area contributed by atoms with Gasteiger partial charge in [-0.1, -0.05) is 23.7 Å². The average Bonchev–Trinajstić information content (AvgIpc) is 3.20. The number of guanidine groups is 1. The third-order valence-electron chi connectivity index (χ3n) is 5.65. The molecular weight excluding hydrogens is 394 g/mol. The summed E-state index contributed by atoms with van der Waals surface area (Å²) in [6.45, 7) is 6.88. The van der Waals surface area contributed by atoms with Crippen LogP contribution in [0.25, 0.3) is 0 Å². The van der Waals surface area contributed by atoms with Gasteiger partial charge in [0.25, 0.3) is 5.91 Å². The van der Waals surface area contributed by atoms with Crippen LogP contribution < -0.4 is 4.90 Å². The van der Waals surface area contributed by atoms with Crippen LogP contribution in [0.1, 0.15) is 20.8 Å². The maximum Gasteiger partial charge on any atom is 0.328 e. The van der Waals surface area contributed by atoms with E-state index in [-0.39, 0.29) is 18.5 Å². The lowest BCUT2D eigenvalue weighted by Crippen LogP contribution is -2.65. The third-order valence-corrected chi connectivity index (χ3v) is 5.97. The number of fused-ring (bicyclic) bond motifs is 3. The molecule has 0 aliphatic carbocycles. The number of rotatable bonds is 5.